The van der Waals surface area contributed by atoms with Crippen LogP contribution in [-0.4, -0.2) is 33.0 Å². The van der Waals surface area contributed by atoms with E-state index in [9.17, 15) is 9.59 Å². The molecule has 1 N–H and O–H groups in total. The molecule has 0 aliphatic carbocycles. The maximum Gasteiger partial charge on any atom is 0.255 e. The summed E-state index contributed by atoms with van der Waals surface area (Å²) < 4.78 is 2.84. The number of hydrogen-bond donors (Lipinski definition) is 1. The summed E-state index contributed by atoms with van der Waals surface area (Å²) in [7, 11) is 0. The molecule has 1 aromatic heterocycles. The lowest BCUT2D eigenvalue weighted by Gasteiger charge is -2.16. The number of halogens is 1. The van der Waals surface area contributed by atoms with E-state index in [1.54, 1.807) is 12.1 Å². The molecule has 0 radical (unpaired) electrons. The summed E-state index contributed by atoms with van der Waals surface area (Å²) in [5, 5.41) is 7.47. The molecule has 0 atom stereocenters. The molecular weight excluding hydrogens is 444 g/mol. The molecule has 1 saturated heterocycles. The fourth-order valence-corrected chi connectivity index (χ4v) is 3.92. The van der Waals surface area contributed by atoms with E-state index in [0.29, 0.717) is 18.5 Å². The van der Waals surface area contributed by atoms with Crippen molar-refractivity contribution in [2.24, 2.45) is 0 Å². The molecule has 1 aliphatic rings. The quantitative estimate of drug-likeness (QED) is 0.595. The highest BCUT2D eigenvalue weighted by molar-refractivity contribution is 9.10. The van der Waals surface area contributed by atoms with Gasteiger partial charge in [0.15, 0.2) is 0 Å². The Hall–Kier alpha value is -2.93. The topological polar surface area (TPSA) is 67.2 Å². The first kappa shape index (κ1) is 20.3. The van der Waals surface area contributed by atoms with Crippen molar-refractivity contribution in [3.05, 3.63) is 75.5 Å². The zero-order valence-corrected chi connectivity index (χ0v) is 18.6. The Morgan fingerprint density at radius 2 is 1.93 bits per heavy atom. The molecular formula is C23H23BrN4O2. The number of rotatable bonds is 5. The number of aromatic nitrogens is 2. The Morgan fingerprint density at radius 3 is 2.57 bits per heavy atom. The second kappa shape index (κ2) is 8.44. The highest BCUT2D eigenvalue weighted by Gasteiger charge is 2.20. The van der Waals surface area contributed by atoms with Crippen molar-refractivity contribution in [3.8, 4) is 5.69 Å². The Kier molecular flexibility index (Phi) is 5.72. The van der Waals surface area contributed by atoms with E-state index < -0.39 is 0 Å². The van der Waals surface area contributed by atoms with E-state index in [1.165, 1.54) is 0 Å². The average Bonchev–Trinajstić information content (AvgIpc) is 3.26. The molecule has 1 aliphatic heterocycles. The molecule has 0 bridgehead atoms. The third-order valence-electron chi connectivity index (χ3n) is 5.31. The normalized spacial score (nSPS) is 13.7. The minimum Gasteiger partial charge on any atom is -0.338 e. The first-order valence-corrected chi connectivity index (χ1v) is 10.7. The average molecular weight is 467 g/mol. The summed E-state index contributed by atoms with van der Waals surface area (Å²) in [4.78, 5) is 26.4. The van der Waals surface area contributed by atoms with E-state index in [-0.39, 0.29) is 11.8 Å². The molecule has 0 unspecified atom stereocenters. The van der Waals surface area contributed by atoms with Gasteiger partial charge in [0.25, 0.3) is 5.91 Å². The number of nitrogens with zero attached hydrogens (tertiary/aromatic N) is 3. The van der Waals surface area contributed by atoms with Crippen LogP contribution in [0.15, 0.2) is 53.0 Å². The van der Waals surface area contributed by atoms with Crippen molar-refractivity contribution < 1.29 is 9.59 Å². The van der Waals surface area contributed by atoms with Crippen LogP contribution in [0.1, 0.15) is 40.2 Å². The fourth-order valence-electron chi connectivity index (χ4n) is 3.67. The summed E-state index contributed by atoms with van der Waals surface area (Å²) in [6.07, 6.45) is 1.54. The Balaban J connectivity index is 1.45. The molecule has 0 saturated carbocycles. The van der Waals surface area contributed by atoms with Gasteiger partial charge in [-0.15, -0.1) is 0 Å². The first-order valence-electron chi connectivity index (χ1n) is 9.92. The summed E-state index contributed by atoms with van der Waals surface area (Å²) in [6.45, 7) is 5.32. The highest BCUT2D eigenvalue weighted by Crippen LogP contribution is 2.23. The molecule has 7 heteroatoms. The first-order chi connectivity index (χ1) is 14.4. The van der Waals surface area contributed by atoms with Crippen molar-refractivity contribution in [1.82, 2.24) is 14.7 Å². The van der Waals surface area contributed by atoms with Crippen molar-refractivity contribution in [2.45, 2.75) is 33.2 Å². The van der Waals surface area contributed by atoms with Gasteiger partial charge >= 0.3 is 0 Å². The summed E-state index contributed by atoms with van der Waals surface area (Å²) in [5.74, 6) is 0.0182. The summed E-state index contributed by atoms with van der Waals surface area (Å²) in [6, 6.07) is 15.0. The van der Waals surface area contributed by atoms with Crippen molar-refractivity contribution in [1.29, 1.82) is 0 Å². The van der Waals surface area contributed by atoms with Gasteiger partial charge in [0.05, 0.1) is 21.5 Å². The van der Waals surface area contributed by atoms with Gasteiger partial charge in [-0.3, -0.25) is 9.59 Å². The number of hydrogen-bond acceptors (Lipinski definition) is 3. The molecule has 2 heterocycles. The van der Waals surface area contributed by atoms with Gasteiger partial charge in [-0.05, 0) is 78.2 Å². The van der Waals surface area contributed by atoms with Crippen LogP contribution in [0.2, 0.25) is 0 Å². The third kappa shape index (κ3) is 4.16. The van der Waals surface area contributed by atoms with Gasteiger partial charge < -0.3 is 10.2 Å². The Labute approximate surface area is 184 Å². The highest BCUT2D eigenvalue weighted by atomic mass is 79.9. The maximum atomic E-state index is 12.7. The number of carbonyl (C=O) groups excluding carboxylic acids is 2. The van der Waals surface area contributed by atoms with Crippen molar-refractivity contribution >= 4 is 33.4 Å². The molecule has 1 fully saturated rings. The van der Waals surface area contributed by atoms with Crippen LogP contribution in [0.4, 0.5) is 5.69 Å². The zero-order chi connectivity index (χ0) is 21.3. The van der Waals surface area contributed by atoms with E-state index >= 15 is 0 Å². The predicted octanol–water partition coefficient (Wildman–Crippen LogP) is 4.63. The fraction of sp³-hybridized carbons (Fsp3) is 0.261. The lowest BCUT2D eigenvalue weighted by atomic mass is 10.1. The second-order valence-corrected chi connectivity index (χ2v) is 8.31. The molecule has 2 aromatic carbocycles. The number of amides is 2. The number of nitrogens with one attached hydrogen (secondary N) is 1. The van der Waals surface area contributed by atoms with Crippen LogP contribution < -0.4 is 5.32 Å². The van der Waals surface area contributed by atoms with E-state index in [1.807, 2.05) is 59.8 Å². The number of benzene rings is 2. The summed E-state index contributed by atoms with van der Waals surface area (Å²) >= 11 is 3.54. The van der Waals surface area contributed by atoms with Gasteiger partial charge in [0.2, 0.25) is 5.91 Å². The zero-order valence-electron chi connectivity index (χ0n) is 17.0. The number of anilines is 1. The molecule has 2 amide bonds. The van der Waals surface area contributed by atoms with Gasteiger partial charge in [0, 0.05) is 30.8 Å². The maximum absolute atomic E-state index is 12.7. The van der Waals surface area contributed by atoms with Crippen LogP contribution in [0.3, 0.4) is 0 Å². The predicted molar refractivity (Wildman–Crippen MR) is 120 cm³/mol. The van der Waals surface area contributed by atoms with E-state index in [0.717, 1.165) is 45.8 Å². The number of likely N-dealkylation sites (tertiary alicyclic amines) is 1. The SMILES string of the molecule is Cc1nn(-c2ccc(C(=O)Nc3cccc(CN4CCCC4=O)c3)cc2)c(C)c1Br. The lowest BCUT2D eigenvalue weighted by Crippen LogP contribution is -2.23. The van der Waals surface area contributed by atoms with Gasteiger partial charge in [-0.1, -0.05) is 12.1 Å². The molecule has 0 spiro atoms. The third-order valence-corrected chi connectivity index (χ3v) is 6.45. The Morgan fingerprint density at radius 1 is 1.17 bits per heavy atom. The Bertz CT molecular complexity index is 1100. The van der Waals surface area contributed by atoms with Gasteiger partial charge in [-0.25, -0.2) is 4.68 Å². The van der Waals surface area contributed by atoms with Crippen LogP contribution in [-0.2, 0) is 11.3 Å². The second-order valence-electron chi connectivity index (χ2n) is 7.52. The van der Waals surface area contributed by atoms with Crippen molar-refractivity contribution in [3.63, 3.8) is 0 Å². The van der Waals surface area contributed by atoms with Crippen LogP contribution in [0, 0.1) is 13.8 Å². The molecule has 6 nitrogen and oxygen atoms in total. The largest absolute Gasteiger partial charge is 0.338 e. The monoisotopic (exact) mass is 466 g/mol. The van der Waals surface area contributed by atoms with Crippen LogP contribution in [0.5, 0.6) is 0 Å². The minimum absolute atomic E-state index is 0.175. The molecule has 4 rings (SSSR count). The standard InChI is InChI=1S/C23H23BrN4O2/c1-15-22(24)16(2)28(26-15)20-10-8-18(9-11-20)23(30)25-19-6-3-5-17(13-19)14-27-12-4-7-21(27)29/h3,5-6,8-11,13H,4,7,12,14H2,1-2H3,(H,25,30). The smallest absolute Gasteiger partial charge is 0.255 e. The van der Waals surface area contributed by atoms with E-state index in [4.69, 9.17) is 0 Å². The van der Waals surface area contributed by atoms with Gasteiger partial charge in [-0.2, -0.15) is 5.10 Å². The van der Waals surface area contributed by atoms with Crippen molar-refractivity contribution in [2.75, 3.05) is 11.9 Å². The van der Waals surface area contributed by atoms with Crippen LogP contribution in [0.25, 0.3) is 5.69 Å². The molecule has 154 valence electrons. The lowest BCUT2D eigenvalue weighted by molar-refractivity contribution is -0.128. The number of aryl methyl sites for hydroxylation is 1. The van der Waals surface area contributed by atoms with Crippen LogP contribution >= 0.6 is 15.9 Å². The number of carbonyl (C=O) groups is 2. The summed E-state index contributed by atoms with van der Waals surface area (Å²) in [5.41, 5.74) is 5.13. The molecule has 30 heavy (non-hydrogen) atoms. The van der Waals surface area contributed by atoms with Gasteiger partial charge in [0.1, 0.15) is 0 Å². The minimum atomic E-state index is -0.175. The molecule has 3 aromatic rings. The van der Waals surface area contributed by atoms with E-state index in [2.05, 4.69) is 26.3 Å².